The Bertz CT molecular complexity index is 1230. The number of rotatable bonds is 11. The molecule has 0 aliphatic carbocycles. The number of amides is 2. The second-order valence-electron chi connectivity index (χ2n) is 7.80. The van der Waals surface area contributed by atoms with Crippen LogP contribution in [0, 0.1) is 11.6 Å². The maximum Gasteiger partial charge on any atom is 0.259 e. The van der Waals surface area contributed by atoms with E-state index in [0.29, 0.717) is 24.7 Å². The van der Waals surface area contributed by atoms with Crippen LogP contribution >= 0.6 is 0 Å². The van der Waals surface area contributed by atoms with Crippen LogP contribution in [0.15, 0.2) is 54.6 Å². The van der Waals surface area contributed by atoms with Crippen LogP contribution in [0.1, 0.15) is 47.4 Å². The molecular weight excluding hydrogens is 470 g/mol. The summed E-state index contributed by atoms with van der Waals surface area (Å²) in [5.74, 6) is -1.48. The molecule has 0 radical (unpaired) electrons. The smallest absolute Gasteiger partial charge is 0.259 e. The van der Waals surface area contributed by atoms with Gasteiger partial charge in [0.25, 0.3) is 11.8 Å². The number of carbonyl (C=O) groups is 2. The molecule has 0 saturated heterocycles. The van der Waals surface area contributed by atoms with Crippen molar-refractivity contribution in [2.75, 3.05) is 31.0 Å². The third-order valence-corrected chi connectivity index (χ3v) is 5.01. The lowest BCUT2D eigenvalue weighted by Crippen LogP contribution is -2.17. The molecule has 9 heteroatoms. The standard InChI is InChI=1S/C27H28F2N2O5/c1-4-12-35-24-10-7-18(28)15-21(24)30-26(32)17-6-9-23(34-3)20(14-17)27(33)31-22-16-19(29)8-11-25(22)36-13-5-2/h6-11,14-16H,4-5,12-13H2,1-3H3,(H,30,32)(H,31,33). The van der Waals surface area contributed by atoms with Crippen LogP contribution in [0.2, 0.25) is 0 Å². The summed E-state index contributed by atoms with van der Waals surface area (Å²) in [5.41, 5.74) is 0.460. The van der Waals surface area contributed by atoms with E-state index >= 15 is 0 Å². The highest BCUT2D eigenvalue weighted by Crippen LogP contribution is 2.29. The van der Waals surface area contributed by atoms with E-state index in [1.54, 1.807) is 0 Å². The molecule has 2 amide bonds. The number of halogens is 2. The Labute approximate surface area is 208 Å². The number of anilines is 2. The van der Waals surface area contributed by atoms with Crippen LogP contribution in [0.25, 0.3) is 0 Å². The van der Waals surface area contributed by atoms with Crippen molar-refractivity contribution in [3.8, 4) is 17.2 Å². The van der Waals surface area contributed by atoms with E-state index in [1.807, 2.05) is 13.8 Å². The second kappa shape index (κ2) is 12.5. The molecular formula is C27H28F2N2O5. The third-order valence-electron chi connectivity index (χ3n) is 5.01. The first-order valence-electron chi connectivity index (χ1n) is 11.5. The lowest BCUT2D eigenvalue weighted by molar-refractivity contribution is 0.102. The van der Waals surface area contributed by atoms with Gasteiger partial charge in [0.2, 0.25) is 0 Å². The average molecular weight is 499 g/mol. The molecule has 7 nitrogen and oxygen atoms in total. The second-order valence-corrected chi connectivity index (χ2v) is 7.80. The maximum atomic E-state index is 13.9. The monoisotopic (exact) mass is 498 g/mol. The van der Waals surface area contributed by atoms with Gasteiger partial charge in [-0.3, -0.25) is 9.59 Å². The fourth-order valence-corrected chi connectivity index (χ4v) is 3.29. The Morgan fingerprint density at radius 3 is 1.72 bits per heavy atom. The number of hydrogen-bond acceptors (Lipinski definition) is 5. The number of methoxy groups -OCH3 is 1. The Balaban J connectivity index is 1.87. The number of carbonyl (C=O) groups excluding carboxylic acids is 2. The first kappa shape index (κ1) is 26.5. The predicted octanol–water partition coefficient (Wildman–Crippen LogP) is 6.06. The van der Waals surface area contributed by atoms with Gasteiger partial charge in [0.15, 0.2) is 0 Å². The van der Waals surface area contributed by atoms with Gasteiger partial charge in [-0.05, 0) is 55.3 Å². The van der Waals surface area contributed by atoms with E-state index in [9.17, 15) is 18.4 Å². The van der Waals surface area contributed by atoms with Crippen LogP contribution in [0.3, 0.4) is 0 Å². The Kier molecular flexibility index (Phi) is 9.21. The number of nitrogens with one attached hydrogen (secondary N) is 2. The first-order valence-corrected chi connectivity index (χ1v) is 11.5. The van der Waals surface area contributed by atoms with E-state index in [1.165, 1.54) is 49.6 Å². The van der Waals surface area contributed by atoms with Gasteiger partial charge < -0.3 is 24.8 Å². The van der Waals surface area contributed by atoms with E-state index in [2.05, 4.69) is 10.6 Å². The molecule has 0 bridgehead atoms. The average Bonchev–Trinajstić information content (AvgIpc) is 2.87. The Morgan fingerprint density at radius 2 is 1.22 bits per heavy atom. The van der Waals surface area contributed by atoms with E-state index in [4.69, 9.17) is 14.2 Å². The van der Waals surface area contributed by atoms with Crippen molar-refractivity contribution in [2.24, 2.45) is 0 Å². The molecule has 0 aromatic heterocycles. The van der Waals surface area contributed by atoms with Crippen molar-refractivity contribution in [2.45, 2.75) is 26.7 Å². The van der Waals surface area contributed by atoms with Crippen LogP contribution in [0.4, 0.5) is 20.2 Å². The van der Waals surface area contributed by atoms with E-state index in [0.717, 1.165) is 25.0 Å². The molecule has 0 aliphatic heterocycles. The van der Waals surface area contributed by atoms with Crippen molar-refractivity contribution in [1.82, 2.24) is 0 Å². The minimum Gasteiger partial charge on any atom is -0.496 e. The lowest BCUT2D eigenvalue weighted by Gasteiger charge is -2.15. The maximum absolute atomic E-state index is 13.9. The summed E-state index contributed by atoms with van der Waals surface area (Å²) in [6.07, 6.45) is 1.46. The summed E-state index contributed by atoms with van der Waals surface area (Å²) in [6, 6.07) is 11.9. The zero-order valence-corrected chi connectivity index (χ0v) is 20.3. The molecule has 0 heterocycles. The SMILES string of the molecule is CCCOc1ccc(F)cc1NC(=O)c1ccc(OC)c(C(=O)Nc2cc(F)ccc2OCCC)c1. The van der Waals surface area contributed by atoms with Crippen LogP contribution in [-0.2, 0) is 0 Å². The normalized spacial score (nSPS) is 10.5. The molecule has 3 aromatic carbocycles. The van der Waals surface area contributed by atoms with Gasteiger partial charge in [0.05, 0.1) is 37.3 Å². The predicted molar refractivity (Wildman–Crippen MR) is 133 cm³/mol. The molecule has 3 rings (SSSR count). The van der Waals surface area contributed by atoms with Gasteiger partial charge in [0.1, 0.15) is 28.9 Å². The van der Waals surface area contributed by atoms with Crippen molar-refractivity contribution in [1.29, 1.82) is 0 Å². The van der Waals surface area contributed by atoms with Crippen molar-refractivity contribution < 1.29 is 32.6 Å². The number of benzene rings is 3. The van der Waals surface area contributed by atoms with Gasteiger partial charge >= 0.3 is 0 Å². The summed E-state index contributed by atoms with van der Waals surface area (Å²) in [4.78, 5) is 26.1. The van der Waals surface area contributed by atoms with Crippen LogP contribution in [0.5, 0.6) is 17.2 Å². The lowest BCUT2D eigenvalue weighted by atomic mass is 10.1. The molecule has 0 fully saturated rings. The molecule has 2 N–H and O–H groups in total. The highest BCUT2D eigenvalue weighted by molar-refractivity contribution is 6.10. The van der Waals surface area contributed by atoms with Crippen LogP contribution < -0.4 is 24.8 Å². The molecule has 3 aromatic rings. The third kappa shape index (κ3) is 6.71. The molecule has 0 saturated carbocycles. The van der Waals surface area contributed by atoms with Crippen molar-refractivity contribution in [3.63, 3.8) is 0 Å². The minimum atomic E-state index is -0.633. The molecule has 0 aliphatic rings. The van der Waals surface area contributed by atoms with Gasteiger partial charge in [-0.15, -0.1) is 0 Å². The summed E-state index contributed by atoms with van der Waals surface area (Å²) < 4.78 is 44.1. The Morgan fingerprint density at radius 1 is 0.722 bits per heavy atom. The fraction of sp³-hybridized carbons (Fsp3) is 0.259. The van der Waals surface area contributed by atoms with Gasteiger partial charge in [0, 0.05) is 17.7 Å². The zero-order chi connectivity index (χ0) is 26.1. The topological polar surface area (TPSA) is 85.9 Å². The quantitative estimate of drug-likeness (QED) is 0.336. The first-order chi connectivity index (χ1) is 17.4. The summed E-state index contributed by atoms with van der Waals surface area (Å²) in [7, 11) is 1.38. The zero-order valence-electron chi connectivity index (χ0n) is 20.3. The molecule has 0 atom stereocenters. The molecule has 36 heavy (non-hydrogen) atoms. The molecule has 0 spiro atoms. The van der Waals surface area contributed by atoms with Crippen molar-refractivity contribution >= 4 is 23.2 Å². The van der Waals surface area contributed by atoms with E-state index < -0.39 is 23.4 Å². The highest BCUT2D eigenvalue weighted by atomic mass is 19.1. The molecule has 0 unspecified atom stereocenters. The summed E-state index contributed by atoms with van der Waals surface area (Å²) in [5, 5.41) is 5.25. The summed E-state index contributed by atoms with van der Waals surface area (Å²) in [6.45, 7) is 4.63. The minimum absolute atomic E-state index is 0.0394. The summed E-state index contributed by atoms with van der Waals surface area (Å²) >= 11 is 0. The number of ether oxygens (including phenoxy) is 3. The van der Waals surface area contributed by atoms with Crippen LogP contribution in [-0.4, -0.2) is 32.1 Å². The van der Waals surface area contributed by atoms with Gasteiger partial charge in [-0.2, -0.15) is 0 Å². The largest absolute Gasteiger partial charge is 0.496 e. The molecule has 190 valence electrons. The van der Waals surface area contributed by atoms with E-state index in [-0.39, 0.29) is 28.3 Å². The van der Waals surface area contributed by atoms with Gasteiger partial charge in [-0.1, -0.05) is 13.8 Å². The van der Waals surface area contributed by atoms with Crippen molar-refractivity contribution in [3.05, 3.63) is 77.4 Å². The highest BCUT2D eigenvalue weighted by Gasteiger charge is 2.19. The Hall–Kier alpha value is -4.14. The van der Waals surface area contributed by atoms with Gasteiger partial charge in [-0.25, -0.2) is 8.78 Å². The fourth-order valence-electron chi connectivity index (χ4n) is 3.29. The number of hydrogen-bond donors (Lipinski definition) is 2.